The molecule has 0 saturated carbocycles. The topological polar surface area (TPSA) is 28.7 Å². The van der Waals surface area contributed by atoms with Gasteiger partial charge < -0.3 is 0 Å². The minimum atomic E-state index is 0.946. The van der Waals surface area contributed by atoms with Crippen molar-refractivity contribution in [3.63, 3.8) is 0 Å². The predicted octanol–water partition coefficient (Wildman–Crippen LogP) is 4.54. The first-order valence-electron chi connectivity index (χ1n) is 6.64. The molecule has 2 heteroatoms. The van der Waals surface area contributed by atoms with Gasteiger partial charge in [-0.25, -0.2) is 0 Å². The van der Waals surface area contributed by atoms with Crippen LogP contribution in [0.4, 0.5) is 0 Å². The van der Waals surface area contributed by atoms with Gasteiger partial charge in [0.05, 0.1) is 5.69 Å². The molecule has 2 rings (SSSR count). The maximum Gasteiger partial charge on any atom is 0.0995 e. The first-order valence-corrected chi connectivity index (χ1v) is 6.64. The summed E-state index contributed by atoms with van der Waals surface area (Å²) in [6, 6.07) is 8.48. The molecule has 1 aromatic carbocycles. The highest BCUT2D eigenvalue weighted by molar-refractivity contribution is 5.73. The molecule has 0 atom stereocenters. The van der Waals surface area contributed by atoms with Gasteiger partial charge in [-0.3, -0.25) is 5.10 Å². The molecule has 0 spiro atoms. The van der Waals surface area contributed by atoms with Crippen molar-refractivity contribution in [2.75, 3.05) is 0 Å². The average molecular weight is 252 g/mol. The van der Waals surface area contributed by atoms with Crippen LogP contribution in [0.1, 0.15) is 30.2 Å². The Kier molecular flexibility index (Phi) is 4.35. The Labute approximate surface area is 114 Å². The Hall–Kier alpha value is -2.09. The van der Waals surface area contributed by atoms with Crippen molar-refractivity contribution in [1.82, 2.24) is 10.2 Å². The fourth-order valence-electron chi connectivity index (χ4n) is 2.10. The molecule has 0 amide bonds. The highest BCUT2D eigenvalue weighted by Crippen LogP contribution is 2.26. The first kappa shape index (κ1) is 13.3. The van der Waals surface area contributed by atoms with E-state index in [0.29, 0.717) is 0 Å². The van der Waals surface area contributed by atoms with Crippen LogP contribution < -0.4 is 0 Å². The lowest BCUT2D eigenvalue weighted by Gasteiger charge is -2.01. The Morgan fingerprint density at radius 2 is 2.00 bits per heavy atom. The molecule has 0 radical (unpaired) electrons. The third-order valence-electron chi connectivity index (χ3n) is 3.14. The molecule has 0 fully saturated rings. The lowest BCUT2D eigenvalue weighted by Crippen LogP contribution is -1.87. The summed E-state index contributed by atoms with van der Waals surface area (Å²) in [6.45, 7) is 7.90. The quantitative estimate of drug-likeness (QED) is 0.778. The van der Waals surface area contributed by atoms with Gasteiger partial charge in [-0.15, -0.1) is 6.58 Å². The Morgan fingerprint density at radius 3 is 2.63 bits per heavy atom. The zero-order valence-electron chi connectivity index (χ0n) is 11.6. The van der Waals surface area contributed by atoms with E-state index >= 15 is 0 Å². The number of benzene rings is 1. The van der Waals surface area contributed by atoms with E-state index in [1.54, 1.807) is 0 Å². The molecule has 2 nitrogen and oxygen atoms in total. The monoisotopic (exact) mass is 252 g/mol. The number of aromatic nitrogens is 2. The fraction of sp³-hybridized carbons (Fsp3) is 0.235. The number of H-pyrrole nitrogens is 1. The van der Waals surface area contributed by atoms with E-state index in [9.17, 15) is 0 Å². The average Bonchev–Trinajstić information content (AvgIpc) is 2.81. The van der Waals surface area contributed by atoms with Crippen LogP contribution in [0, 0.1) is 6.92 Å². The van der Waals surface area contributed by atoms with E-state index in [-0.39, 0.29) is 0 Å². The molecule has 1 N–H and O–H groups in total. The molecule has 1 aromatic heterocycles. The summed E-state index contributed by atoms with van der Waals surface area (Å²) in [4.78, 5) is 0. The minimum Gasteiger partial charge on any atom is -0.281 e. The molecule has 0 aliphatic heterocycles. The molecular weight excluding hydrogens is 232 g/mol. The van der Waals surface area contributed by atoms with Gasteiger partial charge in [-0.05, 0) is 26.7 Å². The zero-order valence-corrected chi connectivity index (χ0v) is 11.6. The predicted molar refractivity (Wildman–Crippen MR) is 82.0 cm³/mol. The second-order valence-electron chi connectivity index (χ2n) is 4.66. The number of aromatic amines is 1. The summed E-state index contributed by atoms with van der Waals surface area (Å²) in [5.74, 6) is 0. The number of nitrogens with one attached hydrogen (secondary N) is 1. The number of nitrogens with zero attached hydrogens (tertiary/aromatic N) is 1. The molecule has 2 aromatic rings. The largest absolute Gasteiger partial charge is 0.281 e. The molecule has 0 bridgehead atoms. The maximum absolute atomic E-state index is 4.48. The van der Waals surface area contributed by atoms with Crippen LogP contribution in [0.3, 0.4) is 0 Å². The second-order valence-corrected chi connectivity index (χ2v) is 4.66. The number of hydrogen-bond donors (Lipinski definition) is 1. The van der Waals surface area contributed by atoms with E-state index in [0.717, 1.165) is 24.1 Å². The van der Waals surface area contributed by atoms with Crippen LogP contribution in [-0.2, 0) is 6.42 Å². The molecule has 98 valence electrons. The van der Waals surface area contributed by atoms with E-state index in [1.807, 2.05) is 13.0 Å². The van der Waals surface area contributed by atoms with Gasteiger partial charge in [0.2, 0.25) is 0 Å². The van der Waals surface area contributed by atoms with Gasteiger partial charge in [0.25, 0.3) is 0 Å². The lowest BCUT2D eigenvalue weighted by atomic mass is 10.0. The van der Waals surface area contributed by atoms with Crippen LogP contribution in [0.15, 0.2) is 43.0 Å². The maximum atomic E-state index is 4.48. The fourth-order valence-corrected chi connectivity index (χ4v) is 2.10. The summed E-state index contributed by atoms with van der Waals surface area (Å²) in [7, 11) is 0. The summed E-state index contributed by atoms with van der Waals surface area (Å²) >= 11 is 0. The number of allylic oxidation sites excluding steroid dienone is 2. The van der Waals surface area contributed by atoms with Gasteiger partial charge in [-0.1, -0.05) is 48.1 Å². The van der Waals surface area contributed by atoms with Crippen LogP contribution in [0.2, 0.25) is 0 Å². The SMILES string of the molecule is C=CCCc1[nH]nc(-c2ccc(C)cc2)c1/C=C\C. The second kappa shape index (κ2) is 6.19. The minimum absolute atomic E-state index is 0.946. The molecule has 0 unspecified atom stereocenters. The summed E-state index contributed by atoms with van der Waals surface area (Å²) in [5.41, 5.74) is 5.80. The third-order valence-corrected chi connectivity index (χ3v) is 3.14. The highest BCUT2D eigenvalue weighted by Gasteiger charge is 2.11. The van der Waals surface area contributed by atoms with E-state index in [4.69, 9.17) is 0 Å². The molecular formula is C17H20N2. The van der Waals surface area contributed by atoms with Crippen LogP contribution in [0.5, 0.6) is 0 Å². The highest BCUT2D eigenvalue weighted by atomic mass is 15.1. The Balaban J connectivity index is 2.42. The Morgan fingerprint density at radius 1 is 1.26 bits per heavy atom. The number of aryl methyl sites for hydroxylation is 2. The summed E-state index contributed by atoms with van der Waals surface area (Å²) in [5, 5.41) is 7.64. The van der Waals surface area contributed by atoms with Crippen molar-refractivity contribution < 1.29 is 0 Å². The van der Waals surface area contributed by atoms with Crippen molar-refractivity contribution in [3.05, 3.63) is 59.8 Å². The van der Waals surface area contributed by atoms with Crippen LogP contribution in [-0.4, -0.2) is 10.2 Å². The van der Waals surface area contributed by atoms with Gasteiger partial charge in [-0.2, -0.15) is 5.10 Å². The lowest BCUT2D eigenvalue weighted by molar-refractivity contribution is 0.916. The molecule has 0 saturated heterocycles. The standard InChI is InChI=1S/C17H20N2/c1-4-6-8-16-15(7-5-2)17(19-18-16)14-11-9-13(3)10-12-14/h4-5,7,9-12H,1,6,8H2,2-3H3,(H,18,19)/b7-5-. The van der Waals surface area contributed by atoms with Crippen LogP contribution in [0.25, 0.3) is 17.3 Å². The van der Waals surface area contributed by atoms with E-state index < -0.39 is 0 Å². The molecule has 0 aliphatic rings. The molecule has 19 heavy (non-hydrogen) atoms. The van der Waals surface area contributed by atoms with Crippen molar-refractivity contribution in [1.29, 1.82) is 0 Å². The Bertz CT molecular complexity index is 574. The smallest absolute Gasteiger partial charge is 0.0995 e. The van der Waals surface area contributed by atoms with Crippen molar-refractivity contribution in [2.45, 2.75) is 26.7 Å². The zero-order chi connectivity index (χ0) is 13.7. The summed E-state index contributed by atoms with van der Waals surface area (Å²) in [6.07, 6.45) is 8.02. The number of rotatable bonds is 5. The molecule has 0 aliphatic carbocycles. The summed E-state index contributed by atoms with van der Waals surface area (Å²) < 4.78 is 0. The van der Waals surface area contributed by atoms with Crippen molar-refractivity contribution >= 4 is 6.08 Å². The van der Waals surface area contributed by atoms with Gasteiger partial charge in [0.15, 0.2) is 0 Å². The van der Waals surface area contributed by atoms with Crippen molar-refractivity contribution in [3.8, 4) is 11.3 Å². The normalized spacial score (nSPS) is 11.1. The van der Waals surface area contributed by atoms with E-state index in [1.165, 1.54) is 16.8 Å². The first-order chi connectivity index (χ1) is 9.26. The van der Waals surface area contributed by atoms with Crippen molar-refractivity contribution in [2.24, 2.45) is 0 Å². The van der Waals surface area contributed by atoms with Crippen LogP contribution >= 0.6 is 0 Å². The van der Waals surface area contributed by atoms with E-state index in [2.05, 4.69) is 60.1 Å². The molecule has 1 heterocycles. The van der Waals surface area contributed by atoms with Gasteiger partial charge in [0, 0.05) is 16.8 Å². The number of hydrogen-bond acceptors (Lipinski definition) is 1. The van der Waals surface area contributed by atoms with Gasteiger partial charge in [0.1, 0.15) is 0 Å². The van der Waals surface area contributed by atoms with Gasteiger partial charge >= 0.3 is 0 Å². The third kappa shape index (κ3) is 3.02.